The number of likely N-dealkylation sites (tertiary alicyclic amines) is 1. The van der Waals surface area contributed by atoms with Gasteiger partial charge in [-0.1, -0.05) is 6.07 Å². The van der Waals surface area contributed by atoms with Gasteiger partial charge in [-0.2, -0.15) is 5.10 Å². The van der Waals surface area contributed by atoms with E-state index in [1.165, 1.54) is 13.1 Å². The first-order chi connectivity index (χ1) is 13.2. The predicted molar refractivity (Wildman–Crippen MR) is 103 cm³/mol. The minimum atomic E-state index is 0.189. The number of anilines is 1. The third kappa shape index (κ3) is 2.94. The summed E-state index contributed by atoms with van der Waals surface area (Å²) in [5, 5.41) is 26.0. The molecule has 2 saturated heterocycles. The van der Waals surface area contributed by atoms with Crippen LogP contribution in [0.4, 0.5) is 5.82 Å². The zero-order valence-electron chi connectivity index (χ0n) is 15.2. The van der Waals surface area contributed by atoms with Crippen molar-refractivity contribution in [3.8, 4) is 28.1 Å². The Balaban J connectivity index is 1.35. The van der Waals surface area contributed by atoms with Crippen LogP contribution in [0.3, 0.4) is 0 Å². The number of nitrogens with zero attached hydrogens (tertiary/aromatic N) is 5. The highest BCUT2D eigenvalue weighted by molar-refractivity contribution is 5.73. The number of phenols is 1. The summed E-state index contributed by atoms with van der Waals surface area (Å²) in [5.74, 6) is 2.58. The summed E-state index contributed by atoms with van der Waals surface area (Å²) in [4.78, 5) is 4.75. The van der Waals surface area contributed by atoms with Crippen LogP contribution in [0.25, 0.3) is 22.4 Å². The van der Waals surface area contributed by atoms with E-state index in [-0.39, 0.29) is 5.75 Å². The van der Waals surface area contributed by atoms with Crippen molar-refractivity contribution in [1.82, 2.24) is 25.3 Å². The van der Waals surface area contributed by atoms with Crippen molar-refractivity contribution in [3.63, 3.8) is 0 Å². The molecule has 2 unspecified atom stereocenters. The van der Waals surface area contributed by atoms with Crippen LogP contribution < -0.4 is 4.90 Å². The van der Waals surface area contributed by atoms with Gasteiger partial charge in [-0.3, -0.25) is 5.10 Å². The average Bonchev–Trinajstić information content (AvgIpc) is 3.38. The van der Waals surface area contributed by atoms with E-state index >= 15 is 0 Å². The molecular formula is C20H22N6O. The fraction of sp³-hybridized carbons (Fsp3) is 0.350. The molecule has 0 bridgehead atoms. The molecule has 2 atom stereocenters. The minimum absolute atomic E-state index is 0.189. The Bertz CT molecular complexity index is 926. The molecule has 0 amide bonds. The van der Waals surface area contributed by atoms with Crippen molar-refractivity contribution in [1.29, 1.82) is 0 Å². The van der Waals surface area contributed by atoms with Crippen LogP contribution in [0.1, 0.15) is 0 Å². The number of benzene rings is 1. The van der Waals surface area contributed by atoms with E-state index in [0.29, 0.717) is 11.3 Å². The highest BCUT2D eigenvalue weighted by Crippen LogP contribution is 2.34. The monoisotopic (exact) mass is 362 g/mol. The van der Waals surface area contributed by atoms with Crippen LogP contribution in [0.2, 0.25) is 0 Å². The smallest absolute Gasteiger partial charge is 0.151 e. The molecule has 27 heavy (non-hydrogen) atoms. The maximum Gasteiger partial charge on any atom is 0.151 e. The Labute approximate surface area is 157 Å². The largest absolute Gasteiger partial charge is 0.507 e. The molecule has 138 valence electrons. The maximum atomic E-state index is 10.4. The summed E-state index contributed by atoms with van der Waals surface area (Å²) in [6.45, 7) is 4.44. The highest BCUT2D eigenvalue weighted by Gasteiger charge is 2.39. The zero-order chi connectivity index (χ0) is 18.4. The van der Waals surface area contributed by atoms with Crippen LogP contribution in [0.5, 0.6) is 5.75 Å². The number of H-pyrrole nitrogens is 1. The number of aromatic amines is 1. The first-order valence-corrected chi connectivity index (χ1v) is 9.27. The van der Waals surface area contributed by atoms with Crippen LogP contribution in [-0.2, 0) is 0 Å². The van der Waals surface area contributed by atoms with Crippen molar-refractivity contribution in [2.45, 2.75) is 0 Å². The summed E-state index contributed by atoms with van der Waals surface area (Å²) in [6, 6.07) is 9.50. The van der Waals surface area contributed by atoms with Crippen molar-refractivity contribution in [2.75, 3.05) is 38.1 Å². The molecule has 7 heteroatoms. The van der Waals surface area contributed by atoms with Gasteiger partial charge in [0.1, 0.15) is 5.75 Å². The topological polar surface area (TPSA) is 81.2 Å². The molecule has 2 aliphatic rings. The van der Waals surface area contributed by atoms with Crippen LogP contribution in [0.15, 0.2) is 42.7 Å². The summed E-state index contributed by atoms with van der Waals surface area (Å²) in [7, 11) is 2.20. The van der Waals surface area contributed by atoms with Crippen LogP contribution >= 0.6 is 0 Å². The molecule has 2 aliphatic heterocycles. The quantitative estimate of drug-likeness (QED) is 0.744. The normalized spacial score (nSPS) is 22.3. The zero-order valence-corrected chi connectivity index (χ0v) is 15.2. The standard InChI is InChI=1S/C20H22N6O/c1-25-9-15-11-26(12-16(15)10-25)20-5-4-18(23-24-20)17-3-2-13(6-19(17)27)14-7-21-22-8-14/h2-8,15-16,27H,9-12H2,1H3,(H,21,22). The van der Waals surface area contributed by atoms with Gasteiger partial charge >= 0.3 is 0 Å². The lowest BCUT2D eigenvalue weighted by atomic mass is 10.0. The molecule has 0 spiro atoms. The third-order valence-corrected chi connectivity index (χ3v) is 5.75. The molecule has 0 saturated carbocycles. The van der Waals surface area contributed by atoms with Gasteiger partial charge < -0.3 is 14.9 Å². The second-order valence-electron chi connectivity index (χ2n) is 7.64. The Morgan fingerprint density at radius 2 is 1.81 bits per heavy atom. The lowest BCUT2D eigenvalue weighted by molar-refractivity contribution is 0.387. The Morgan fingerprint density at radius 3 is 2.44 bits per heavy atom. The summed E-state index contributed by atoms with van der Waals surface area (Å²) < 4.78 is 0. The number of aromatic hydroxyl groups is 1. The molecule has 2 fully saturated rings. The van der Waals surface area contributed by atoms with E-state index in [4.69, 9.17) is 0 Å². The number of hydrogen-bond donors (Lipinski definition) is 2. The van der Waals surface area contributed by atoms with Crippen molar-refractivity contribution in [3.05, 3.63) is 42.7 Å². The van der Waals surface area contributed by atoms with E-state index in [9.17, 15) is 5.11 Å². The number of rotatable bonds is 3. The lowest BCUT2D eigenvalue weighted by Gasteiger charge is -2.19. The highest BCUT2D eigenvalue weighted by atomic mass is 16.3. The molecule has 3 aromatic rings. The van der Waals surface area contributed by atoms with Gasteiger partial charge in [-0.05, 0) is 48.7 Å². The number of phenolic OH excluding ortho intramolecular Hbond substituents is 1. The second-order valence-corrected chi connectivity index (χ2v) is 7.64. The maximum absolute atomic E-state index is 10.4. The molecule has 1 aromatic carbocycles. The van der Waals surface area contributed by atoms with Gasteiger partial charge in [0.15, 0.2) is 5.82 Å². The SMILES string of the molecule is CN1CC2CN(c3ccc(-c4ccc(-c5cn[nH]c5)cc4O)nn3)CC2C1. The number of fused-ring (bicyclic) bond motifs is 1. The Morgan fingerprint density at radius 1 is 1.00 bits per heavy atom. The van der Waals surface area contributed by atoms with E-state index < -0.39 is 0 Å². The summed E-state index contributed by atoms with van der Waals surface area (Å²) in [5.41, 5.74) is 3.20. The van der Waals surface area contributed by atoms with Gasteiger partial charge in [0.05, 0.1) is 11.9 Å². The molecule has 5 rings (SSSR count). The van der Waals surface area contributed by atoms with Gasteiger partial charge in [0, 0.05) is 43.5 Å². The fourth-order valence-electron chi connectivity index (χ4n) is 4.39. The minimum Gasteiger partial charge on any atom is -0.507 e. The second kappa shape index (κ2) is 6.35. The Hall–Kier alpha value is -2.93. The molecule has 4 heterocycles. The number of nitrogens with one attached hydrogen (secondary N) is 1. The Kier molecular flexibility index (Phi) is 3.82. The van der Waals surface area contributed by atoms with Gasteiger partial charge in [0.25, 0.3) is 0 Å². The van der Waals surface area contributed by atoms with E-state index in [0.717, 1.165) is 41.9 Å². The van der Waals surface area contributed by atoms with E-state index in [2.05, 4.69) is 37.2 Å². The van der Waals surface area contributed by atoms with Crippen molar-refractivity contribution in [2.24, 2.45) is 11.8 Å². The summed E-state index contributed by atoms with van der Waals surface area (Å²) >= 11 is 0. The van der Waals surface area contributed by atoms with Gasteiger partial charge in [-0.15, -0.1) is 10.2 Å². The molecule has 0 aliphatic carbocycles. The molecule has 0 radical (unpaired) electrons. The fourth-order valence-corrected chi connectivity index (χ4v) is 4.39. The molecular weight excluding hydrogens is 340 g/mol. The van der Waals surface area contributed by atoms with Crippen LogP contribution in [0, 0.1) is 11.8 Å². The number of hydrogen-bond acceptors (Lipinski definition) is 6. The van der Waals surface area contributed by atoms with Crippen molar-refractivity contribution < 1.29 is 5.11 Å². The summed E-state index contributed by atoms with van der Waals surface area (Å²) in [6.07, 6.45) is 3.53. The first-order valence-electron chi connectivity index (χ1n) is 9.27. The van der Waals surface area contributed by atoms with Crippen molar-refractivity contribution >= 4 is 5.82 Å². The molecule has 2 aromatic heterocycles. The van der Waals surface area contributed by atoms with Gasteiger partial charge in [-0.25, -0.2) is 0 Å². The number of aromatic nitrogens is 4. The third-order valence-electron chi connectivity index (χ3n) is 5.75. The molecule has 2 N–H and O–H groups in total. The van der Waals surface area contributed by atoms with E-state index in [1.54, 1.807) is 18.5 Å². The predicted octanol–water partition coefficient (Wildman–Crippen LogP) is 2.24. The van der Waals surface area contributed by atoms with Gasteiger partial charge in [0.2, 0.25) is 0 Å². The average molecular weight is 362 g/mol. The lowest BCUT2D eigenvalue weighted by Crippen LogP contribution is -2.27. The van der Waals surface area contributed by atoms with E-state index in [1.807, 2.05) is 24.3 Å². The molecule has 7 nitrogen and oxygen atoms in total. The first kappa shape index (κ1) is 16.3. The van der Waals surface area contributed by atoms with Crippen LogP contribution in [-0.4, -0.2) is 63.6 Å².